The number of hydrogen-bond donors (Lipinski definition) is 2. The SMILES string of the molecule is N#Cc1ccc(C2CCC(Oc3nn[nH]c3C(=O)O)CC2)cc1. The molecule has 0 atom stereocenters. The van der Waals surface area contributed by atoms with Crippen LogP contribution in [0.3, 0.4) is 0 Å². The summed E-state index contributed by atoms with van der Waals surface area (Å²) >= 11 is 0. The van der Waals surface area contributed by atoms with E-state index in [1.165, 1.54) is 5.56 Å². The molecule has 7 heteroatoms. The molecule has 0 radical (unpaired) electrons. The molecule has 2 aromatic rings. The van der Waals surface area contributed by atoms with Gasteiger partial charge in [0.2, 0.25) is 5.69 Å². The Labute approximate surface area is 132 Å². The van der Waals surface area contributed by atoms with Crippen molar-refractivity contribution < 1.29 is 14.6 Å². The molecular weight excluding hydrogens is 296 g/mol. The smallest absolute Gasteiger partial charge is 0.359 e. The molecule has 0 aliphatic heterocycles. The number of ether oxygens (including phenoxy) is 1. The van der Waals surface area contributed by atoms with Crippen molar-refractivity contribution in [1.82, 2.24) is 15.4 Å². The zero-order valence-corrected chi connectivity index (χ0v) is 12.4. The molecule has 0 spiro atoms. The van der Waals surface area contributed by atoms with Gasteiger partial charge in [-0.3, -0.25) is 0 Å². The van der Waals surface area contributed by atoms with Gasteiger partial charge in [-0.2, -0.15) is 5.26 Å². The standard InChI is InChI=1S/C16H16N4O3/c17-9-10-1-3-11(4-2-10)12-5-7-13(8-6-12)23-15-14(16(21)22)18-20-19-15/h1-4,12-13H,5-8H2,(H,21,22)(H,18,19,20). The lowest BCUT2D eigenvalue weighted by Crippen LogP contribution is -2.24. The van der Waals surface area contributed by atoms with Crippen molar-refractivity contribution >= 4 is 5.97 Å². The number of nitriles is 1. The number of hydrogen-bond acceptors (Lipinski definition) is 5. The minimum atomic E-state index is -1.13. The first kappa shape index (κ1) is 15.0. The number of carboxylic acid groups (broad SMARTS) is 1. The molecular formula is C16H16N4O3. The van der Waals surface area contributed by atoms with Crippen LogP contribution in [0.1, 0.15) is 53.2 Å². The van der Waals surface area contributed by atoms with Gasteiger partial charge >= 0.3 is 5.97 Å². The minimum Gasteiger partial charge on any atom is -0.476 e. The van der Waals surface area contributed by atoms with Crippen LogP contribution < -0.4 is 4.74 Å². The Kier molecular flexibility index (Phi) is 4.24. The molecule has 1 heterocycles. The number of carbonyl (C=O) groups is 1. The van der Waals surface area contributed by atoms with Crippen LogP contribution >= 0.6 is 0 Å². The molecule has 1 fully saturated rings. The maximum Gasteiger partial charge on any atom is 0.359 e. The molecule has 1 aliphatic rings. The number of aromatic carboxylic acids is 1. The van der Waals surface area contributed by atoms with Gasteiger partial charge in [0.15, 0.2) is 0 Å². The largest absolute Gasteiger partial charge is 0.476 e. The molecule has 118 valence electrons. The highest BCUT2D eigenvalue weighted by atomic mass is 16.5. The van der Waals surface area contributed by atoms with Crippen LogP contribution in [-0.4, -0.2) is 32.6 Å². The van der Waals surface area contributed by atoms with E-state index in [0.29, 0.717) is 11.5 Å². The quantitative estimate of drug-likeness (QED) is 0.897. The predicted octanol–water partition coefficient (Wildman–Crippen LogP) is 2.48. The molecule has 3 rings (SSSR count). The summed E-state index contributed by atoms with van der Waals surface area (Å²) in [6.45, 7) is 0. The van der Waals surface area contributed by atoms with Crippen molar-refractivity contribution in [3.8, 4) is 11.9 Å². The number of benzene rings is 1. The van der Waals surface area contributed by atoms with Crippen molar-refractivity contribution in [2.45, 2.75) is 37.7 Å². The molecule has 0 saturated heterocycles. The Balaban J connectivity index is 1.59. The lowest BCUT2D eigenvalue weighted by molar-refractivity contribution is 0.0678. The molecule has 0 amide bonds. The van der Waals surface area contributed by atoms with Crippen LogP contribution in [-0.2, 0) is 0 Å². The molecule has 1 aromatic heterocycles. The molecule has 1 saturated carbocycles. The highest BCUT2D eigenvalue weighted by Gasteiger charge is 2.26. The van der Waals surface area contributed by atoms with Crippen molar-refractivity contribution in [2.75, 3.05) is 0 Å². The van der Waals surface area contributed by atoms with Crippen LogP contribution in [0, 0.1) is 11.3 Å². The first-order valence-corrected chi connectivity index (χ1v) is 7.48. The van der Waals surface area contributed by atoms with Gasteiger partial charge in [-0.05, 0) is 49.3 Å². The summed E-state index contributed by atoms with van der Waals surface area (Å²) in [5.41, 5.74) is 1.78. The number of rotatable bonds is 4. The van der Waals surface area contributed by atoms with Crippen LogP contribution in [0.4, 0.5) is 0 Å². The van der Waals surface area contributed by atoms with Crippen LogP contribution in [0.15, 0.2) is 24.3 Å². The van der Waals surface area contributed by atoms with Crippen molar-refractivity contribution in [3.05, 3.63) is 41.1 Å². The molecule has 23 heavy (non-hydrogen) atoms. The molecule has 7 nitrogen and oxygen atoms in total. The molecule has 0 unspecified atom stereocenters. The van der Waals surface area contributed by atoms with Crippen LogP contribution in [0.2, 0.25) is 0 Å². The van der Waals surface area contributed by atoms with Gasteiger partial charge in [-0.15, -0.1) is 0 Å². The summed E-state index contributed by atoms with van der Waals surface area (Å²) in [7, 11) is 0. The van der Waals surface area contributed by atoms with E-state index in [1.54, 1.807) is 0 Å². The Morgan fingerprint density at radius 3 is 2.57 bits per heavy atom. The highest BCUT2D eigenvalue weighted by molar-refractivity contribution is 5.87. The Bertz CT molecular complexity index is 725. The number of nitrogens with zero attached hydrogens (tertiary/aromatic N) is 3. The predicted molar refractivity (Wildman–Crippen MR) is 80.1 cm³/mol. The van der Waals surface area contributed by atoms with Crippen LogP contribution in [0.25, 0.3) is 0 Å². The van der Waals surface area contributed by atoms with E-state index >= 15 is 0 Å². The third-order valence-corrected chi connectivity index (χ3v) is 4.19. The number of aromatic nitrogens is 3. The summed E-state index contributed by atoms with van der Waals surface area (Å²) in [4.78, 5) is 11.0. The van der Waals surface area contributed by atoms with E-state index in [-0.39, 0.29) is 17.7 Å². The second-order valence-corrected chi connectivity index (χ2v) is 5.62. The summed E-state index contributed by atoms with van der Waals surface area (Å²) in [5, 5.41) is 27.3. The minimum absolute atomic E-state index is 0.0483. The fourth-order valence-electron chi connectivity index (χ4n) is 2.94. The van der Waals surface area contributed by atoms with E-state index < -0.39 is 5.97 Å². The molecule has 1 aromatic carbocycles. The van der Waals surface area contributed by atoms with Gasteiger partial charge in [0.25, 0.3) is 5.88 Å². The summed E-state index contributed by atoms with van der Waals surface area (Å²) in [6.07, 6.45) is 3.52. The van der Waals surface area contributed by atoms with Gasteiger partial charge in [0.05, 0.1) is 11.6 Å². The zero-order valence-electron chi connectivity index (χ0n) is 12.4. The Morgan fingerprint density at radius 2 is 1.96 bits per heavy atom. The van der Waals surface area contributed by atoms with E-state index in [9.17, 15) is 4.79 Å². The van der Waals surface area contributed by atoms with Gasteiger partial charge < -0.3 is 9.84 Å². The summed E-state index contributed by atoms with van der Waals surface area (Å²) in [5.74, 6) is -0.630. The lowest BCUT2D eigenvalue weighted by atomic mass is 9.82. The Morgan fingerprint density at radius 1 is 1.26 bits per heavy atom. The second-order valence-electron chi connectivity index (χ2n) is 5.62. The number of carboxylic acids is 1. The summed E-state index contributed by atoms with van der Waals surface area (Å²) < 4.78 is 5.68. The number of aromatic amines is 1. The average Bonchev–Trinajstić information content (AvgIpc) is 3.04. The van der Waals surface area contributed by atoms with Gasteiger partial charge in [-0.1, -0.05) is 22.4 Å². The molecule has 0 bridgehead atoms. The summed E-state index contributed by atoms with van der Waals surface area (Å²) in [6, 6.07) is 9.81. The van der Waals surface area contributed by atoms with Gasteiger partial charge in [-0.25, -0.2) is 9.89 Å². The maximum absolute atomic E-state index is 11.0. The fourth-order valence-corrected chi connectivity index (χ4v) is 2.94. The van der Waals surface area contributed by atoms with Crippen molar-refractivity contribution in [1.29, 1.82) is 5.26 Å². The third kappa shape index (κ3) is 3.31. The molecule has 2 N–H and O–H groups in total. The van der Waals surface area contributed by atoms with Gasteiger partial charge in [0, 0.05) is 0 Å². The van der Waals surface area contributed by atoms with E-state index in [0.717, 1.165) is 25.7 Å². The topological polar surface area (TPSA) is 112 Å². The maximum atomic E-state index is 11.0. The van der Waals surface area contributed by atoms with Gasteiger partial charge in [0.1, 0.15) is 6.10 Å². The van der Waals surface area contributed by atoms with Crippen molar-refractivity contribution in [3.63, 3.8) is 0 Å². The number of nitrogens with one attached hydrogen (secondary N) is 1. The number of H-pyrrole nitrogens is 1. The van der Waals surface area contributed by atoms with E-state index in [1.807, 2.05) is 24.3 Å². The lowest BCUT2D eigenvalue weighted by Gasteiger charge is -2.28. The fraction of sp³-hybridized carbons (Fsp3) is 0.375. The first-order chi connectivity index (χ1) is 11.2. The second kappa shape index (κ2) is 6.48. The average molecular weight is 312 g/mol. The monoisotopic (exact) mass is 312 g/mol. The normalized spacial score (nSPS) is 20.7. The van der Waals surface area contributed by atoms with Crippen LogP contribution in [0.5, 0.6) is 5.88 Å². The van der Waals surface area contributed by atoms with E-state index in [4.69, 9.17) is 15.1 Å². The van der Waals surface area contributed by atoms with Crippen molar-refractivity contribution in [2.24, 2.45) is 0 Å². The zero-order chi connectivity index (χ0) is 16.2. The highest BCUT2D eigenvalue weighted by Crippen LogP contribution is 2.34. The van der Waals surface area contributed by atoms with E-state index in [2.05, 4.69) is 21.5 Å². The molecule has 1 aliphatic carbocycles. The first-order valence-electron chi connectivity index (χ1n) is 7.48. The third-order valence-electron chi connectivity index (χ3n) is 4.19. The Hall–Kier alpha value is -2.88.